The summed E-state index contributed by atoms with van der Waals surface area (Å²) in [7, 11) is 0. The molecular formula is C12H22N4. The molecule has 90 valence electrons. The Balaban J connectivity index is 1.81. The molecule has 16 heavy (non-hydrogen) atoms. The van der Waals surface area contributed by atoms with Crippen LogP contribution in [0, 0.1) is 11.8 Å². The van der Waals surface area contributed by atoms with Crippen molar-refractivity contribution in [2.24, 2.45) is 11.8 Å². The van der Waals surface area contributed by atoms with Crippen LogP contribution in [0.5, 0.6) is 0 Å². The molecule has 1 aliphatic rings. The maximum absolute atomic E-state index is 5.59. The smallest absolute Gasteiger partial charge is 0.145 e. The molecular weight excluding hydrogens is 200 g/mol. The van der Waals surface area contributed by atoms with Crippen LogP contribution in [0.4, 0.5) is 5.82 Å². The SMILES string of the molecule is CC1CC(C)CN(CCn2ccc(N)n2)C1. The maximum Gasteiger partial charge on any atom is 0.145 e. The van der Waals surface area contributed by atoms with Crippen LogP contribution in [-0.4, -0.2) is 34.3 Å². The van der Waals surface area contributed by atoms with E-state index in [0.717, 1.165) is 24.9 Å². The van der Waals surface area contributed by atoms with Gasteiger partial charge in [-0.15, -0.1) is 0 Å². The monoisotopic (exact) mass is 222 g/mol. The molecule has 1 aliphatic heterocycles. The Morgan fingerprint density at radius 1 is 1.31 bits per heavy atom. The molecule has 1 aromatic rings. The highest BCUT2D eigenvalue weighted by atomic mass is 15.3. The van der Waals surface area contributed by atoms with Gasteiger partial charge in [-0.1, -0.05) is 13.8 Å². The van der Waals surface area contributed by atoms with E-state index in [-0.39, 0.29) is 0 Å². The molecule has 1 aromatic heterocycles. The van der Waals surface area contributed by atoms with E-state index in [4.69, 9.17) is 5.73 Å². The van der Waals surface area contributed by atoms with Gasteiger partial charge in [-0.05, 0) is 24.3 Å². The Labute approximate surface area is 97.4 Å². The highest BCUT2D eigenvalue weighted by molar-refractivity contribution is 5.23. The number of hydrogen-bond donors (Lipinski definition) is 1. The van der Waals surface area contributed by atoms with Gasteiger partial charge >= 0.3 is 0 Å². The molecule has 0 aromatic carbocycles. The summed E-state index contributed by atoms with van der Waals surface area (Å²) in [5.41, 5.74) is 5.59. The van der Waals surface area contributed by atoms with E-state index in [1.165, 1.54) is 19.5 Å². The summed E-state index contributed by atoms with van der Waals surface area (Å²) in [4.78, 5) is 2.54. The van der Waals surface area contributed by atoms with Crippen molar-refractivity contribution in [2.45, 2.75) is 26.8 Å². The number of likely N-dealkylation sites (tertiary alicyclic amines) is 1. The molecule has 4 nitrogen and oxygen atoms in total. The van der Waals surface area contributed by atoms with Crippen molar-refractivity contribution in [3.05, 3.63) is 12.3 Å². The van der Waals surface area contributed by atoms with Gasteiger partial charge in [0.1, 0.15) is 5.82 Å². The second-order valence-corrected chi connectivity index (χ2v) is 5.21. The van der Waals surface area contributed by atoms with Crippen LogP contribution in [-0.2, 0) is 6.54 Å². The standard InChI is InChI=1S/C12H22N4/c1-10-7-11(2)9-15(8-10)5-6-16-4-3-12(13)14-16/h3-4,10-11H,5-9H2,1-2H3,(H2,13,14). The zero-order valence-electron chi connectivity index (χ0n) is 10.3. The minimum absolute atomic E-state index is 0.611. The zero-order valence-corrected chi connectivity index (χ0v) is 10.3. The van der Waals surface area contributed by atoms with Gasteiger partial charge in [0, 0.05) is 25.8 Å². The van der Waals surface area contributed by atoms with Crippen molar-refractivity contribution in [2.75, 3.05) is 25.4 Å². The van der Waals surface area contributed by atoms with Crippen LogP contribution < -0.4 is 5.73 Å². The third-order valence-electron chi connectivity index (χ3n) is 3.25. The van der Waals surface area contributed by atoms with Gasteiger partial charge < -0.3 is 10.6 Å². The molecule has 0 radical (unpaired) electrons. The van der Waals surface area contributed by atoms with Gasteiger partial charge in [0.05, 0.1) is 6.54 Å². The summed E-state index contributed by atoms with van der Waals surface area (Å²) in [5.74, 6) is 2.26. The van der Waals surface area contributed by atoms with Gasteiger partial charge in [-0.25, -0.2) is 0 Å². The molecule has 1 fully saturated rings. The molecule has 0 spiro atoms. The molecule has 2 N–H and O–H groups in total. The van der Waals surface area contributed by atoms with Crippen molar-refractivity contribution in [1.82, 2.24) is 14.7 Å². The van der Waals surface area contributed by atoms with E-state index in [2.05, 4.69) is 23.8 Å². The Morgan fingerprint density at radius 2 is 2.00 bits per heavy atom. The van der Waals surface area contributed by atoms with Gasteiger partial charge in [0.2, 0.25) is 0 Å². The summed E-state index contributed by atoms with van der Waals surface area (Å²) >= 11 is 0. The number of nitrogen functional groups attached to an aromatic ring is 1. The lowest BCUT2D eigenvalue weighted by Crippen LogP contribution is -2.40. The van der Waals surface area contributed by atoms with Gasteiger partial charge in [0.25, 0.3) is 0 Å². The summed E-state index contributed by atoms with van der Waals surface area (Å²) in [5, 5.41) is 4.20. The minimum Gasteiger partial charge on any atom is -0.382 e. The second-order valence-electron chi connectivity index (χ2n) is 5.21. The quantitative estimate of drug-likeness (QED) is 0.842. The average molecular weight is 222 g/mol. The van der Waals surface area contributed by atoms with Gasteiger partial charge in [-0.2, -0.15) is 5.10 Å². The first-order valence-corrected chi connectivity index (χ1v) is 6.15. The lowest BCUT2D eigenvalue weighted by molar-refractivity contribution is 0.135. The average Bonchev–Trinajstić information content (AvgIpc) is 2.60. The van der Waals surface area contributed by atoms with E-state index in [1.54, 1.807) is 0 Å². The van der Waals surface area contributed by atoms with Crippen LogP contribution in [0.2, 0.25) is 0 Å². The number of hydrogen-bond acceptors (Lipinski definition) is 3. The molecule has 2 rings (SSSR count). The van der Waals surface area contributed by atoms with Crippen molar-refractivity contribution in [1.29, 1.82) is 0 Å². The van der Waals surface area contributed by atoms with Gasteiger partial charge in [-0.3, -0.25) is 4.68 Å². The first-order chi connectivity index (χ1) is 7.63. The Kier molecular flexibility index (Phi) is 3.49. The van der Waals surface area contributed by atoms with E-state index >= 15 is 0 Å². The predicted molar refractivity (Wildman–Crippen MR) is 66.0 cm³/mol. The summed E-state index contributed by atoms with van der Waals surface area (Å²) in [6, 6.07) is 1.85. The number of aromatic nitrogens is 2. The number of piperidine rings is 1. The summed E-state index contributed by atoms with van der Waals surface area (Å²) in [6.07, 6.45) is 3.32. The number of nitrogens with two attached hydrogens (primary N) is 1. The first kappa shape index (κ1) is 11.5. The van der Waals surface area contributed by atoms with Crippen molar-refractivity contribution in [3.8, 4) is 0 Å². The van der Waals surface area contributed by atoms with Crippen molar-refractivity contribution >= 4 is 5.82 Å². The fourth-order valence-corrected chi connectivity index (χ4v) is 2.72. The van der Waals surface area contributed by atoms with E-state index in [1.807, 2.05) is 16.9 Å². The Hall–Kier alpha value is -1.03. The van der Waals surface area contributed by atoms with E-state index in [0.29, 0.717) is 5.82 Å². The normalized spacial score (nSPS) is 27.1. The zero-order chi connectivity index (χ0) is 11.5. The molecule has 0 amide bonds. The molecule has 2 heterocycles. The Bertz CT molecular complexity index is 324. The number of rotatable bonds is 3. The third-order valence-corrected chi connectivity index (χ3v) is 3.25. The van der Waals surface area contributed by atoms with Crippen LogP contribution in [0.25, 0.3) is 0 Å². The third kappa shape index (κ3) is 2.98. The lowest BCUT2D eigenvalue weighted by Gasteiger charge is -2.34. The molecule has 2 unspecified atom stereocenters. The van der Waals surface area contributed by atoms with Crippen LogP contribution >= 0.6 is 0 Å². The van der Waals surface area contributed by atoms with Crippen molar-refractivity contribution < 1.29 is 0 Å². The van der Waals surface area contributed by atoms with Gasteiger partial charge in [0.15, 0.2) is 0 Å². The fraction of sp³-hybridized carbons (Fsp3) is 0.750. The minimum atomic E-state index is 0.611. The molecule has 0 bridgehead atoms. The predicted octanol–water partition coefficient (Wildman–Crippen LogP) is 1.44. The van der Waals surface area contributed by atoms with Crippen LogP contribution in [0.3, 0.4) is 0 Å². The van der Waals surface area contributed by atoms with Crippen LogP contribution in [0.1, 0.15) is 20.3 Å². The molecule has 2 atom stereocenters. The highest BCUT2D eigenvalue weighted by Crippen LogP contribution is 2.20. The summed E-state index contributed by atoms with van der Waals surface area (Å²) < 4.78 is 1.93. The van der Waals surface area contributed by atoms with E-state index < -0.39 is 0 Å². The molecule has 1 saturated heterocycles. The lowest BCUT2D eigenvalue weighted by atomic mass is 9.92. The largest absolute Gasteiger partial charge is 0.382 e. The number of anilines is 1. The molecule has 4 heteroatoms. The van der Waals surface area contributed by atoms with Crippen LogP contribution in [0.15, 0.2) is 12.3 Å². The first-order valence-electron chi connectivity index (χ1n) is 6.15. The summed E-state index contributed by atoms with van der Waals surface area (Å²) in [6.45, 7) is 9.15. The highest BCUT2D eigenvalue weighted by Gasteiger charge is 2.21. The van der Waals surface area contributed by atoms with E-state index in [9.17, 15) is 0 Å². The topological polar surface area (TPSA) is 47.1 Å². The maximum atomic E-state index is 5.59. The molecule has 0 aliphatic carbocycles. The Morgan fingerprint density at radius 3 is 2.56 bits per heavy atom. The van der Waals surface area contributed by atoms with Crippen molar-refractivity contribution in [3.63, 3.8) is 0 Å². The second kappa shape index (κ2) is 4.87. The number of nitrogens with zero attached hydrogens (tertiary/aromatic N) is 3. The fourth-order valence-electron chi connectivity index (χ4n) is 2.72. The molecule has 0 saturated carbocycles.